The van der Waals surface area contributed by atoms with Gasteiger partial charge in [0, 0.05) is 37.7 Å². The molecule has 1 fully saturated rings. The lowest BCUT2D eigenvalue weighted by Gasteiger charge is -2.35. The highest BCUT2D eigenvalue weighted by Crippen LogP contribution is 2.17. The van der Waals surface area contributed by atoms with Gasteiger partial charge in [0.2, 0.25) is 0 Å². The Morgan fingerprint density at radius 1 is 1.05 bits per heavy atom. The predicted molar refractivity (Wildman–Crippen MR) is 86.0 cm³/mol. The van der Waals surface area contributed by atoms with Crippen molar-refractivity contribution in [3.05, 3.63) is 52.4 Å². The summed E-state index contributed by atoms with van der Waals surface area (Å²) in [7, 11) is 0. The molecule has 0 aliphatic carbocycles. The van der Waals surface area contributed by atoms with Crippen LogP contribution in [0.25, 0.3) is 0 Å². The normalized spacial score (nSPS) is 16.2. The predicted octanol–water partition coefficient (Wildman–Crippen LogP) is 3.11. The molecule has 110 valence electrons. The molecule has 0 unspecified atom stereocenters. The molecule has 6 heteroatoms. The molecule has 2 aromatic rings. The average Bonchev–Trinajstić information content (AvgIpc) is 2.48. The van der Waals surface area contributed by atoms with Crippen molar-refractivity contribution in [3.8, 4) is 0 Å². The molecule has 0 bridgehead atoms. The second kappa shape index (κ2) is 6.60. The number of piperazine rings is 1. The first-order valence-corrected chi connectivity index (χ1v) is 7.65. The van der Waals surface area contributed by atoms with Crippen LogP contribution in [0.4, 0.5) is 5.82 Å². The van der Waals surface area contributed by atoms with E-state index in [1.165, 1.54) is 5.56 Å². The fourth-order valence-electron chi connectivity index (χ4n) is 2.51. The summed E-state index contributed by atoms with van der Waals surface area (Å²) in [6.07, 6.45) is 3.32. The Labute approximate surface area is 134 Å². The minimum Gasteiger partial charge on any atom is -0.353 e. The molecular weight excluding hydrogens is 307 g/mol. The summed E-state index contributed by atoms with van der Waals surface area (Å²) in [6.45, 7) is 4.75. The quantitative estimate of drug-likeness (QED) is 0.869. The van der Waals surface area contributed by atoms with E-state index >= 15 is 0 Å². The summed E-state index contributed by atoms with van der Waals surface area (Å²) >= 11 is 11.9. The molecule has 0 N–H and O–H groups in total. The van der Waals surface area contributed by atoms with Gasteiger partial charge in [0.25, 0.3) is 0 Å². The van der Waals surface area contributed by atoms with Gasteiger partial charge >= 0.3 is 0 Å². The van der Waals surface area contributed by atoms with Gasteiger partial charge in [-0.2, -0.15) is 0 Å². The molecule has 0 atom stereocenters. The number of nitrogens with zero attached hydrogens (tertiary/aromatic N) is 4. The van der Waals surface area contributed by atoms with Gasteiger partial charge in [-0.3, -0.25) is 9.88 Å². The third-order valence-corrected chi connectivity index (χ3v) is 4.00. The minimum absolute atomic E-state index is 0.439. The molecule has 1 aliphatic rings. The zero-order valence-corrected chi connectivity index (χ0v) is 13.1. The first-order chi connectivity index (χ1) is 10.2. The molecule has 1 aromatic heterocycles. The maximum atomic E-state index is 6.03. The SMILES string of the molecule is Clc1cccc(CN2CCN(c3cncc(Cl)n3)CC2)c1. The van der Waals surface area contributed by atoms with Crippen LogP contribution in [-0.4, -0.2) is 41.0 Å². The number of hydrogen-bond donors (Lipinski definition) is 0. The number of hydrogen-bond acceptors (Lipinski definition) is 4. The second-order valence-corrected chi connectivity index (χ2v) is 5.92. The largest absolute Gasteiger partial charge is 0.353 e. The van der Waals surface area contributed by atoms with E-state index < -0.39 is 0 Å². The van der Waals surface area contributed by atoms with E-state index in [1.54, 1.807) is 12.4 Å². The van der Waals surface area contributed by atoms with Gasteiger partial charge in [0.15, 0.2) is 0 Å². The first-order valence-electron chi connectivity index (χ1n) is 6.90. The van der Waals surface area contributed by atoms with E-state index in [1.807, 2.05) is 18.2 Å². The number of halogens is 2. The molecular formula is C15H16Cl2N4. The average molecular weight is 323 g/mol. The fourth-order valence-corrected chi connectivity index (χ4v) is 2.87. The summed E-state index contributed by atoms with van der Waals surface area (Å²) in [6, 6.07) is 8.04. The van der Waals surface area contributed by atoms with E-state index in [9.17, 15) is 0 Å². The Morgan fingerprint density at radius 2 is 1.86 bits per heavy atom. The summed E-state index contributed by atoms with van der Waals surface area (Å²) in [5.74, 6) is 0.852. The fraction of sp³-hybridized carbons (Fsp3) is 0.333. The molecule has 0 radical (unpaired) electrons. The molecule has 0 saturated carbocycles. The van der Waals surface area contributed by atoms with E-state index in [0.717, 1.165) is 43.6 Å². The van der Waals surface area contributed by atoms with E-state index in [2.05, 4.69) is 25.8 Å². The standard InChI is InChI=1S/C15H16Cl2N4/c16-13-3-1-2-12(8-13)11-20-4-6-21(7-5-20)15-10-18-9-14(17)19-15/h1-3,8-10H,4-7,11H2. The zero-order chi connectivity index (χ0) is 14.7. The topological polar surface area (TPSA) is 32.3 Å². The van der Waals surface area contributed by atoms with Crippen LogP contribution in [-0.2, 0) is 6.54 Å². The highest BCUT2D eigenvalue weighted by atomic mass is 35.5. The Morgan fingerprint density at radius 3 is 2.57 bits per heavy atom. The third-order valence-electron chi connectivity index (χ3n) is 3.58. The number of aromatic nitrogens is 2. The molecule has 1 saturated heterocycles. The highest BCUT2D eigenvalue weighted by molar-refractivity contribution is 6.30. The molecule has 2 heterocycles. The summed E-state index contributed by atoms with van der Waals surface area (Å²) < 4.78 is 0. The lowest BCUT2D eigenvalue weighted by atomic mass is 10.2. The molecule has 0 spiro atoms. The van der Waals surface area contributed by atoms with Gasteiger partial charge in [0.05, 0.1) is 12.4 Å². The highest BCUT2D eigenvalue weighted by Gasteiger charge is 2.18. The smallest absolute Gasteiger partial charge is 0.149 e. The molecule has 0 amide bonds. The summed E-state index contributed by atoms with van der Waals surface area (Å²) in [5, 5.41) is 1.23. The monoisotopic (exact) mass is 322 g/mol. The van der Waals surface area contributed by atoms with Gasteiger partial charge < -0.3 is 4.90 Å². The lowest BCUT2D eigenvalue weighted by molar-refractivity contribution is 0.249. The third kappa shape index (κ3) is 3.84. The Balaban J connectivity index is 1.58. The van der Waals surface area contributed by atoms with Gasteiger partial charge in [-0.25, -0.2) is 4.98 Å². The van der Waals surface area contributed by atoms with E-state index in [4.69, 9.17) is 23.2 Å². The van der Waals surface area contributed by atoms with Gasteiger partial charge in [-0.1, -0.05) is 35.3 Å². The van der Waals surface area contributed by atoms with Crippen molar-refractivity contribution in [1.82, 2.24) is 14.9 Å². The Bertz CT molecular complexity index is 612. The Hall–Kier alpha value is -1.36. The summed E-state index contributed by atoms with van der Waals surface area (Å²) in [5.41, 5.74) is 1.25. The molecule has 21 heavy (non-hydrogen) atoms. The zero-order valence-electron chi connectivity index (χ0n) is 11.5. The van der Waals surface area contributed by atoms with Crippen molar-refractivity contribution in [2.45, 2.75) is 6.54 Å². The van der Waals surface area contributed by atoms with Crippen LogP contribution in [0, 0.1) is 0 Å². The van der Waals surface area contributed by atoms with Gasteiger partial charge in [0.1, 0.15) is 11.0 Å². The molecule has 4 nitrogen and oxygen atoms in total. The Kier molecular flexibility index (Phi) is 4.58. The lowest BCUT2D eigenvalue weighted by Crippen LogP contribution is -2.46. The maximum absolute atomic E-state index is 6.03. The molecule has 1 aliphatic heterocycles. The number of rotatable bonds is 3. The van der Waals surface area contributed by atoms with Crippen LogP contribution in [0.2, 0.25) is 10.2 Å². The second-order valence-electron chi connectivity index (χ2n) is 5.09. The van der Waals surface area contributed by atoms with Crippen LogP contribution in [0.5, 0.6) is 0 Å². The van der Waals surface area contributed by atoms with E-state index in [-0.39, 0.29) is 0 Å². The van der Waals surface area contributed by atoms with Crippen LogP contribution in [0.15, 0.2) is 36.7 Å². The molecule has 1 aromatic carbocycles. The maximum Gasteiger partial charge on any atom is 0.149 e. The van der Waals surface area contributed by atoms with Crippen molar-refractivity contribution < 1.29 is 0 Å². The number of anilines is 1. The van der Waals surface area contributed by atoms with Crippen molar-refractivity contribution in [1.29, 1.82) is 0 Å². The van der Waals surface area contributed by atoms with Crippen molar-refractivity contribution >= 4 is 29.0 Å². The van der Waals surface area contributed by atoms with Crippen molar-refractivity contribution in [2.75, 3.05) is 31.1 Å². The summed E-state index contributed by atoms with van der Waals surface area (Å²) in [4.78, 5) is 13.0. The minimum atomic E-state index is 0.439. The van der Waals surface area contributed by atoms with Gasteiger partial charge in [-0.05, 0) is 17.7 Å². The van der Waals surface area contributed by atoms with Crippen LogP contribution in [0.3, 0.4) is 0 Å². The van der Waals surface area contributed by atoms with Crippen LogP contribution < -0.4 is 4.90 Å². The van der Waals surface area contributed by atoms with Crippen molar-refractivity contribution in [2.24, 2.45) is 0 Å². The van der Waals surface area contributed by atoms with Crippen LogP contribution >= 0.6 is 23.2 Å². The number of benzene rings is 1. The van der Waals surface area contributed by atoms with Crippen LogP contribution in [0.1, 0.15) is 5.56 Å². The molecule has 3 rings (SSSR count). The first kappa shape index (κ1) is 14.6. The van der Waals surface area contributed by atoms with Crippen molar-refractivity contribution in [3.63, 3.8) is 0 Å². The van der Waals surface area contributed by atoms with E-state index in [0.29, 0.717) is 5.15 Å². The van der Waals surface area contributed by atoms with Gasteiger partial charge in [-0.15, -0.1) is 0 Å².